The molecule has 118 valence electrons. The number of nitrogens with zero attached hydrogens (tertiary/aromatic N) is 2. The molecule has 6 heteroatoms. The Bertz CT molecular complexity index is 817. The summed E-state index contributed by atoms with van der Waals surface area (Å²) in [5.41, 5.74) is 0.963. The van der Waals surface area contributed by atoms with Gasteiger partial charge in [-0.3, -0.25) is 0 Å². The Hall–Kier alpha value is -2.89. The third-order valence-corrected chi connectivity index (χ3v) is 3.25. The summed E-state index contributed by atoms with van der Waals surface area (Å²) in [4.78, 5) is 4.25. The number of halogens is 1. The molecule has 23 heavy (non-hydrogen) atoms. The smallest absolute Gasteiger partial charge is 0.261 e. The highest BCUT2D eigenvalue weighted by molar-refractivity contribution is 5.63. The van der Waals surface area contributed by atoms with E-state index in [2.05, 4.69) is 10.1 Å². The second-order valence-electron chi connectivity index (χ2n) is 4.70. The van der Waals surface area contributed by atoms with Crippen molar-refractivity contribution in [2.24, 2.45) is 0 Å². The molecular weight excluding hydrogens is 299 g/mol. The molecule has 0 saturated carbocycles. The molecule has 0 aliphatic carbocycles. The molecule has 0 atom stereocenters. The van der Waals surface area contributed by atoms with Gasteiger partial charge in [-0.15, -0.1) is 0 Å². The first-order chi connectivity index (χ1) is 11.2. The minimum Gasteiger partial charge on any atom is -0.493 e. The normalized spacial score (nSPS) is 10.6. The topological polar surface area (TPSA) is 57.4 Å². The van der Waals surface area contributed by atoms with Gasteiger partial charge in [0.05, 0.1) is 19.3 Å². The van der Waals surface area contributed by atoms with Gasteiger partial charge in [0.15, 0.2) is 11.5 Å². The molecule has 0 bridgehead atoms. The number of aromatic nitrogens is 2. The lowest BCUT2D eigenvalue weighted by Gasteiger charge is -2.09. The van der Waals surface area contributed by atoms with Crippen LogP contribution in [-0.4, -0.2) is 23.9 Å². The van der Waals surface area contributed by atoms with Crippen molar-refractivity contribution in [3.05, 3.63) is 48.3 Å². The predicted octanol–water partition coefficient (Wildman–Crippen LogP) is 3.95. The maximum Gasteiger partial charge on any atom is 0.261 e. The summed E-state index contributed by atoms with van der Waals surface area (Å²) in [6.45, 7) is 2.39. The van der Waals surface area contributed by atoms with Gasteiger partial charge >= 0.3 is 0 Å². The van der Waals surface area contributed by atoms with E-state index in [-0.39, 0.29) is 11.5 Å². The van der Waals surface area contributed by atoms with Crippen molar-refractivity contribution in [3.63, 3.8) is 0 Å². The molecule has 0 aliphatic heterocycles. The van der Waals surface area contributed by atoms with Gasteiger partial charge in [0, 0.05) is 5.56 Å². The van der Waals surface area contributed by atoms with E-state index in [1.807, 2.05) is 6.92 Å². The van der Waals surface area contributed by atoms with Crippen molar-refractivity contribution >= 4 is 0 Å². The number of methoxy groups -OCH3 is 1. The molecule has 0 spiro atoms. The fourth-order valence-electron chi connectivity index (χ4n) is 2.17. The van der Waals surface area contributed by atoms with Crippen LogP contribution in [0.2, 0.25) is 0 Å². The van der Waals surface area contributed by atoms with Gasteiger partial charge in [-0.25, -0.2) is 4.39 Å². The zero-order valence-corrected chi connectivity index (χ0v) is 12.7. The molecule has 2 aromatic carbocycles. The van der Waals surface area contributed by atoms with Crippen molar-refractivity contribution in [2.75, 3.05) is 13.7 Å². The van der Waals surface area contributed by atoms with E-state index in [4.69, 9.17) is 14.0 Å². The summed E-state index contributed by atoms with van der Waals surface area (Å²) < 4.78 is 29.7. The summed E-state index contributed by atoms with van der Waals surface area (Å²) >= 11 is 0. The van der Waals surface area contributed by atoms with Gasteiger partial charge < -0.3 is 14.0 Å². The lowest BCUT2D eigenvalue weighted by Crippen LogP contribution is -1.96. The monoisotopic (exact) mass is 314 g/mol. The van der Waals surface area contributed by atoms with Gasteiger partial charge in [-0.2, -0.15) is 4.98 Å². The highest BCUT2D eigenvalue weighted by Gasteiger charge is 2.15. The van der Waals surface area contributed by atoms with Crippen LogP contribution in [0, 0.1) is 5.82 Å². The molecule has 0 aliphatic rings. The van der Waals surface area contributed by atoms with Crippen LogP contribution >= 0.6 is 0 Å². The lowest BCUT2D eigenvalue weighted by atomic mass is 10.2. The Morgan fingerprint density at radius 1 is 1.13 bits per heavy atom. The van der Waals surface area contributed by atoms with Crippen LogP contribution in [0.15, 0.2) is 47.0 Å². The summed E-state index contributed by atoms with van der Waals surface area (Å²) in [5.74, 6) is 1.28. The van der Waals surface area contributed by atoms with E-state index >= 15 is 0 Å². The van der Waals surface area contributed by atoms with Crippen LogP contribution in [0.1, 0.15) is 6.92 Å². The molecule has 0 amide bonds. The van der Waals surface area contributed by atoms with Gasteiger partial charge in [0.1, 0.15) is 5.82 Å². The van der Waals surface area contributed by atoms with Crippen molar-refractivity contribution in [2.45, 2.75) is 6.92 Å². The van der Waals surface area contributed by atoms with Crippen molar-refractivity contribution in [1.29, 1.82) is 0 Å². The fraction of sp³-hybridized carbons (Fsp3) is 0.176. The zero-order valence-electron chi connectivity index (χ0n) is 12.7. The second-order valence-corrected chi connectivity index (χ2v) is 4.70. The maximum atomic E-state index is 13.8. The Morgan fingerprint density at radius 3 is 2.70 bits per heavy atom. The number of rotatable bonds is 5. The summed E-state index contributed by atoms with van der Waals surface area (Å²) in [5, 5.41) is 3.91. The Morgan fingerprint density at radius 2 is 1.96 bits per heavy atom. The molecule has 0 saturated heterocycles. The van der Waals surface area contributed by atoms with Crippen LogP contribution in [-0.2, 0) is 0 Å². The number of hydrogen-bond acceptors (Lipinski definition) is 5. The largest absolute Gasteiger partial charge is 0.493 e. The molecule has 0 N–H and O–H groups in total. The standard InChI is InChI=1S/C17H15FN2O3/c1-3-22-15-10-11(8-9-14(15)21-2)16-19-17(23-20-16)12-6-4-5-7-13(12)18/h4-10H,3H2,1-2H3. The van der Waals surface area contributed by atoms with Gasteiger partial charge in [-0.1, -0.05) is 17.3 Å². The van der Waals surface area contributed by atoms with E-state index in [9.17, 15) is 4.39 Å². The molecular formula is C17H15FN2O3. The van der Waals surface area contributed by atoms with Crippen LogP contribution in [0.5, 0.6) is 11.5 Å². The van der Waals surface area contributed by atoms with Gasteiger partial charge in [-0.05, 0) is 37.3 Å². The maximum absolute atomic E-state index is 13.8. The summed E-state index contributed by atoms with van der Waals surface area (Å²) in [7, 11) is 1.57. The molecule has 5 nitrogen and oxygen atoms in total. The third kappa shape index (κ3) is 3.01. The Labute approximate surface area is 132 Å². The molecule has 3 rings (SSSR count). The van der Waals surface area contributed by atoms with Gasteiger partial charge in [0.2, 0.25) is 5.82 Å². The minimum absolute atomic E-state index is 0.131. The average Bonchev–Trinajstić information content (AvgIpc) is 3.05. The first kappa shape index (κ1) is 15.0. The zero-order chi connectivity index (χ0) is 16.2. The summed E-state index contributed by atoms with van der Waals surface area (Å²) in [6.07, 6.45) is 0. The summed E-state index contributed by atoms with van der Waals surface area (Å²) in [6, 6.07) is 11.6. The molecule has 0 unspecified atom stereocenters. The molecule has 0 fully saturated rings. The van der Waals surface area contributed by atoms with E-state index in [0.29, 0.717) is 29.5 Å². The van der Waals surface area contributed by atoms with Crippen LogP contribution in [0.25, 0.3) is 22.8 Å². The number of benzene rings is 2. The molecule has 1 aromatic heterocycles. The Balaban J connectivity index is 1.97. The number of hydrogen-bond donors (Lipinski definition) is 0. The quantitative estimate of drug-likeness (QED) is 0.713. The van der Waals surface area contributed by atoms with Gasteiger partial charge in [0.25, 0.3) is 5.89 Å². The first-order valence-corrected chi connectivity index (χ1v) is 7.12. The van der Waals surface area contributed by atoms with Crippen LogP contribution in [0.3, 0.4) is 0 Å². The van der Waals surface area contributed by atoms with E-state index in [1.165, 1.54) is 6.07 Å². The third-order valence-electron chi connectivity index (χ3n) is 3.25. The van der Waals surface area contributed by atoms with Crippen molar-refractivity contribution in [1.82, 2.24) is 10.1 Å². The van der Waals surface area contributed by atoms with E-state index < -0.39 is 5.82 Å². The van der Waals surface area contributed by atoms with Crippen LogP contribution < -0.4 is 9.47 Å². The second kappa shape index (κ2) is 6.48. The predicted molar refractivity (Wildman–Crippen MR) is 82.8 cm³/mol. The molecule has 3 aromatic rings. The fourth-order valence-corrected chi connectivity index (χ4v) is 2.17. The molecule has 0 radical (unpaired) electrons. The van der Waals surface area contributed by atoms with Crippen LogP contribution in [0.4, 0.5) is 4.39 Å². The SMILES string of the molecule is CCOc1cc(-c2noc(-c3ccccc3F)n2)ccc1OC. The van der Waals surface area contributed by atoms with E-state index in [0.717, 1.165) is 0 Å². The van der Waals surface area contributed by atoms with E-state index in [1.54, 1.807) is 43.5 Å². The first-order valence-electron chi connectivity index (χ1n) is 7.12. The molecule has 1 heterocycles. The Kier molecular flexibility index (Phi) is 4.23. The highest BCUT2D eigenvalue weighted by atomic mass is 19.1. The van der Waals surface area contributed by atoms with Crippen molar-refractivity contribution in [3.8, 4) is 34.3 Å². The minimum atomic E-state index is -0.410. The number of ether oxygens (including phenoxy) is 2. The average molecular weight is 314 g/mol. The highest BCUT2D eigenvalue weighted by Crippen LogP contribution is 2.32. The lowest BCUT2D eigenvalue weighted by molar-refractivity contribution is 0.311. The van der Waals surface area contributed by atoms with Crippen molar-refractivity contribution < 1.29 is 18.4 Å².